The average Bonchev–Trinajstić information content (AvgIpc) is 3.29. The number of carbonyl (C=O) groups is 1. The van der Waals surface area contributed by atoms with Crippen LogP contribution in [0, 0.1) is 0 Å². The molecule has 0 fully saturated rings. The third kappa shape index (κ3) is 4.34. The van der Waals surface area contributed by atoms with E-state index in [-0.39, 0.29) is 5.91 Å². The Morgan fingerprint density at radius 2 is 1.90 bits per heavy atom. The number of ether oxygens (including phenoxy) is 2. The summed E-state index contributed by atoms with van der Waals surface area (Å²) in [6.07, 6.45) is 1.72. The first-order chi connectivity index (χ1) is 14.6. The van der Waals surface area contributed by atoms with Crippen LogP contribution in [0.25, 0.3) is 10.2 Å². The van der Waals surface area contributed by atoms with E-state index in [4.69, 9.17) is 9.47 Å². The molecule has 30 heavy (non-hydrogen) atoms. The molecule has 0 atom stereocenters. The van der Waals surface area contributed by atoms with E-state index in [1.165, 1.54) is 0 Å². The predicted octanol–water partition coefficient (Wildman–Crippen LogP) is 4.86. The predicted molar refractivity (Wildman–Crippen MR) is 122 cm³/mol. The number of benzene rings is 1. The maximum Gasteiger partial charge on any atom is 0.268 e. The molecule has 4 aromatic rings. The molecular weight excluding hydrogens is 466 g/mol. The number of methoxy groups -OCH3 is 2. The second kappa shape index (κ2) is 8.89. The molecule has 0 bridgehead atoms. The van der Waals surface area contributed by atoms with Gasteiger partial charge in [-0.15, -0.1) is 11.3 Å². The first-order valence-electron chi connectivity index (χ1n) is 9.26. The lowest BCUT2D eigenvalue weighted by molar-refractivity contribution is 0.0942. The Labute approximate surface area is 186 Å². The number of carbonyl (C=O) groups excluding carboxylic acids is 1. The fraction of sp³-hybridized carbons (Fsp3) is 0.182. The van der Waals surface area contributed by atoms with Crippen molar-refractivity contribution in [2.75, 3.05) is 14.2 Å². The van der Waals surface area contributed by atoms with Crippen LogP contribution in [0.3, 0.4) is 0 Å². The summed E-state index contributed by atoms with van der Waals surface area (Å²) in [5, 5.41) is 2.97. The third-order valence-corrected chi connectivity index (χ3v) is 6.27. The van der Waals surface area contributed by atoms with E-state index in [0.29, 0.717) is 30.3 Å². The van der Waals surface area contributed by atoms with Gasteiger partial charge in [-0.25, -0.2) is 0 Å². The van der Waals surface area contributed by atoms with E-state index in [0.717, 1.165) is 25.3 Å². The highest BCUT2D eigenvalue weighted by atomic mass is 79.9. The van der Waals surface area contributed by atoms with Crippen molar-refractivity contribution >= 4 is 43.4 Å². The highest BCUT2D eigenvalue weighted by Crippen LogP contribution is 2.33. The molecule has 0 aliphatic heterocycles. The second-order valence-corrected chi connectivity index (χ2v) is 9.10. The number of hydrogen-bond acceptors (Lipinski definition) is 5. The van der Waals surface area contributed by atoms with Gasteiger partial charge in [-0.1, -0.05) is 6.07 Å². The van der Waals surface area contributed by atoms with Crippen molar-refractivity contribution in [3.63, 3.8) is 0 Å². The van der Waals surface area contributed by atoms with Gasteiger partial charge in [-0.05, 0) is 57.9 Å². The Balaban J connectivity index is 1.67. The standard InChI is InChI=1S/C22H20BrN3O3S/c1-28-16-7-14(8-17(9-16)29-2)13-26-18-11-21(23)30-20(18)10-19(26)22(27)25-12-15-5-3-4-6-24-15/h3-11H,12-13H2,1-2H3,(H,25,27). The van der Waals surface area contributed by atoms with Crippen LogP contribution in [0.5, 0.6) is 11.5 Å². The molecule has 6 nitrogen and oxygen atoms in total. The molecule has 1 amide bonds. The van der Waals surface area contributed by atoms with Crippen LogP contribution in [-0.4, -0.2) is 29.7 Å². The van der Waals surface area contributed by atoms with E-state index in [9.17, 15) is 4.79 Å². The number of fused-ring (bicyclic) bond motifs is 1. The van der Waals surface area contributed by atoms with Gasteiger partial charge in [0.2, 0.25) is 0 Å². The van der Waals surface area contributed by atoms with Gasteiger partial charge in [0.25, 0.3) is 5.91 Å². The number of nitrogens with one attached hydrogen (secondary N) is 1. The van der Waals surface area contributed by atoms with Gasteiger partial charge in [0, 0.05) is 18.8 Å². The van der Waals surface area contributed by atoms with E-state index >= 15 is 0 Å². The molecule has 0 saturated carbocycles. The average molecular weight is 486 g/mol. The molecule has 0 aliphatic carbocycles. The van der Waals surface area contributed by atoms with Crippen LogP contribution in [0.4, 0.5) is 0 Å². The van der Waals surface area contributed by atoms with Gasteiger partial charge in [0.05, 0.1) is 40.5 Å². The van der Waals surface area contributed by atoms with Crippen molar-refractivity contribution in [2.45, 2.75) is 13.1 Å². The fourth-order valence-corrected chi connectivity index (χ4v) is 4.84. The number of nitrogens with zero attached hydrogens (tertiary/aromatic N) is 2. The molecular formula is C22H20BrN3O3S. The van der Waals surface area contributed by atoms with Crippen LogP contribution < -0.4 is 14.8 Å². The minimum Gasteiger partial charge on any atom is -0.497 e. The molecule has 1 N–H and O–H groups in total. The summed E-state index contributed by atoms with van der Waals surface area (Å²) >= 11 is 5.15. The number of rotatable bonds is 7. The molecule has 1 aromatic carbocycles. The Morgan fingerprint density at radius 1 is 1.13 bits per heavy atom. The van der Waals surface area contributed by atoms with Crippen molar-refractivity contribution in [2.24, 2.45) is 0 Å². The van der Waals surface area contributed by atoms with Gasteiger partial charge >= 0.3 is 0 Å². The van der Waals surface area contributed by atoms with Crippen LogP contribution in [-0.2, 0) is 13.1 Å². The quantitative estimate of drug-likeness (QED) is 0.406. The number of aromatic nitrogens is 2. The van der Waals surface area contributed by atoms with Crippen LogP contribution in [0.15, 0.2) is 58.5 Å². The molecule has 0 radical (unpaired) electrons. The maximum absolute atomic E-state index is 13.0. The van der Waals surface area contributed by atoms with Crippen LogP contribution in [0.1, 0.15) is 21.7 Å². The van der Waals surface area contributed by atoms with Crippen molar-refractivity contribution in [3.05, 3.63) is 75.5 Å². The van der Waals surface area contributed by atoms with E-state index in [1.54, 1.807) is 31.8 Å². The minimum absolute atomic E-state index is 0.143. The first-order valence-corrected chi connectivity index (χ1v) is 10.9. The normalized spacial score (nSPS) is 10.9. The first kappa shape index (κ1) is 20.4. The summed E-state index contributed by atoms with van der Waals surface area (Å²) in [4.78, 5) is 17.3. The summed E-state index contributed by atoms with van der Waals surface area (Å²) in [6, 6.07) is 15.3. The minimum atomic E-state index is -0.143. The monoisotopic (exact) mass is 485 g/mol. The Kier molecular flexibility index (Phi) is 6.06. The SMILES string of the molecule is COc1cc(Cn2c(C(=O)NCc3ccccn3)cc3sc(Br)cc32)cc(OC)c1. The van der Waals surface area contributed by atoms with Gasteiger partial charge in [0.1, 0.15) is 17.2 Å². The molecule has 0 spiro atoms. The molecule has 0 saturated heterocycles. The molecule has 4 rings (SSSR count). The number of pyridine rings is 1. The Hall–Kier alpha value is -2.84. The summed E-state index contributed by atoms with van der Waals surface area (Å²) in [7, 11) is 3.25. The Morgan fingerprint density at radius 3 is 2.57 bits per heavy atom. The largest absolute Gasteiger partial charge is 0.497 e. The summed E-state index contributed by atoms with van der Waals surface area (Å²) in [5.74, 6) is 1.27. The zero-order valence-corrected chi connectivity index (χ0v) is 18.9. The summed E-state index contributed by atoms with van der Waals surface area (Å²) in [6.45, 7) is 0.877. The zero-order valence-electron chi connectivity index (χ0n) is 16.5. The van der Waals surface area contributed by atoms with Crippen LogP contribution >= 0.6 is 27.3 Å². The molecule has 3 heterocycles. The van der Waals surface area contributed by atoms with Gasteiger partial charge in [-0.3, -0.25) is 9.78 Å². The van der Waals surface area contributed by atoms with Gasteiger partial charge < -0.3 is 19.4 Å². The zero-order chi connectivity index (χ0) is 21.1. The Bertz CT molecular complexity index is 1170. The topological polar surface area (TPSA) is 65.4 Å². The molecule has 154 valence electrons. The lowest BCUT2D eigenvalue weighted by Crippen LogP contribution is -2.26. The van der Waals surface area contributed by atoms with Crippen molar-refractivity contribution < 1.29 is 14.3 Å². The van der Waals surface area contributed by atoms with E-state index in [1.807, 2.05) is 53.1 Å². The molecule has 3 aromatic heterocycles. The number of hydrogen-bond donors (Lipinski definition) is 1. The van der Waals surface area contributed by atoms with E-state index < -0.39 is 0 Å². The maximum atomic E-state index is 13.0. The van der Waals surface area contributed by atoms with E-state index in [2.05, 4.69) is 26.2 Å². The molecule has 8 heteroatoms. The summed E-state index contributed by atoms with van der Waals surface area (Å²) < 4.78 is 14.9. The van der Waals surface area contributed by atoms with Gasteiger partial charge in [0.15, 0.2) is 0 Å². The molecule has 0 aliphatic rings. The lowest BCUT2D eigenvalue weighted by Gasteiger charge is -2.13. The number of halogens is 1. The van der Waals surface area contributed by atoms with Crippen molar-refractivity contribution in [1.29, 1.82) is 0 Å². The van der Waals surface area contributed by atoms with Crippen LogP contribution in [0.2, 0.25) is 0 Å². The van der Waals surface area contributed by atoms with Crippen molar-refractivity contribution in [1.82, 2.24) is 14.9 Å². The number of amides is 1. The molecule has 0 unspecified atom stereocenters. The lowest BCUT2D eigenvalue weighted by atomic mass is 10.2. The number of thiophene rings is 1. The fourth-order valence-electron chi connectivity index (χ4n) is 3.27. The van der Waals surface area contributed by atoms with Crippen molar-refractivity contribution in [3.8, 4) is 11.5 Å². The second-order valence-electron chi connectivity index (χ2n) is 6.64. The highest BCUT2D eigenvalue weighted by molar-refractivity contribution is 9.11. The van der Waals surface area contributed by atoms with Gasteiger partial charge in [-0.2, -0.15) is 0 Å². The summed E-state index contributed by atoms with van der Waals surface area (Å²) in [5.41, 5.74) is 3.38. The highest BCUT2D eigenvalue weighted by Gasteiger charge is 2.18. The smallest absolute Gasteiger partial charge is 0.268 e. The third-order valence-electron chi connectivity index (χ3n) is 4.70.